The van der Waals surface area contributed by atoms with Gasteiger partial charge in [-0.15, -0.1) is 0 Å². The van der Waals surface area contributed by atoms with E-state index in [9.17, 15) is 4.79 Å². The van der Waals surface area contributed by atoms with Crippen molar-refractivity contribution in [2.75, 3.05) is 12.8 Å². The van der Waals surface area contributed by atoms with Crippen LogP contribution in [0.4, 0.5) is 5.69 Å². The molecule has 0 fully saturated rings. The van der Waals surface area contributed by atoms with E-state index in [1.54, 1.807) is 31.6 Å². The van der Waals surface area contributed by atoms with E-state index in [1.165, 1.54) is 11.1 Å². The van der Waals surface area contributed by atoms with Gasteiger partial charge in [-0.1, -0.05) is 0 Å². The number of amides is 1. The third-order valence-electron chi connectivity index (χ3n) is 2.29. The maximum Gasteiger partial charge on any atom is 0.272 e. The lowest BCUT2D eigenvalue weighted by molar-refractivity contribution is 0.0776. The minimum atomic E-state index is -0.165. The summed E-state index contributed by atoms with van der Waals surface area (Å²) in [6, 6.07) is 3.26. The van der Waals surface area contributed by atoms with E-state index >= 15 is 0 Å². The van der Waals surface area contributed by atoms with Crippen molar-refractivity contribution < 1.29 is 4.79 Å². The molecule has 88 valence electrons. The van der Waals surface area contributed by atoms with Crippen LogP contribution in [0.2, 0.25) is 0 Å². The lowest BCUT2D eigenvalue weighted by Gasteiger charge is -2.15. The van der Waals surface area contributed by atoms with Gasteiger partial charge in [0.1, 0.15) is 11.5 Å². The minimum Gasteiger partial charge on any atom is -0.397 e. The van der Waals surface area contributed by atoms with Crippen LogP contribution in [0.5, 0.6) is 0 Å². The first-order valence-corrected chi connectivity index (χ1v) is 5.12. The van der Waals surface area contributed by atoms with Gasteiger partial charge in [0, 0.05) is 19.4 Å². The Labute approximate surface area is 98.5 Å². The standard InChI is InChI=1S/C11H13N5O/c1-16(7-10-13-4-5-14-10)11(17)9-3-2-8(12)6-15-9/h2-6H,7,12H2,1H3,(H,13,14). The number of nitrogens with zero attached hydrogens (tertiary/aromatic N) is 3. The summed E-state index contributed by atoms with van der Waals surface area (Å²) in [5.74, 6) is 0.567. The Kier molecular flexibility index (Phi) is 3.04. The van der Waals surface area contributed by atoms with Crippen LogP contribution in [0.25, 0.3) is 0 Å². The van der Waals surface area contributed by atoms with Crippen LogP contribution in [0.3, 0.4) is 0 Å². The highest BCUT2D eigenvalue weighted by atomic mass is 16.2. The smallest absolute Gasteiger partial charge is 0.272 e. The zero-order valence-corrected chi connectivity index (χ0v) is 9.42. The quantitative estimate of drug-likeness (QED) is 0.812. The monoisotopic (exact) mass is 231 g/mol. The van der Waals surface area contributed by atoms with Crippen LogP contribution >= 0.6 is 0 Å². The van der Waals surface area contributed by atoms with Gasteiger partial charge in [-0.25, -0.2) is 9.97 Å². The lowest BCUT2D eigenvalue weighted by atomic mass is 10.3. The van der Waals surface area contributed by atoms with E-state index < -0.39 is 0 Å². The highest BCUT2D eigenvalue weighted by Gasteiger charge is 2.13. The van der Waals surface area contributed by atoms with Gasteiger partial charge in [-0.05, 0) is 12.1 Å². The Balaban J connectivity index is 2.07. The minimum absolute atomic E-state index is 0.165. The summed E-state index contributed by atoms with van der Waals surface area (Å²) in [5, 5.41) is 0. The number of nitrogens with two attached hydrogens (primary N) is 1. The zero-order valence-electron chi connectivity index (χ0n) is 9.42. The molecule has 3 N–H and O–H groups in total. The van der Waals surface area contributed by atoms with Crippen LogP contribution in [-0.2, 0) is 6.54 Å². The van der Waals surface area contributed by atoms with E-state index in [2.05, 4.69) is 15.0 Å². The van der Waals surface area contributed by atoms with Gasteiger partial charge in [0.25, 0.3) is 5.91 Å². The number of anilines is 1. The fourth-order valence-electron chi connectivity index (χ4n) is 1.41. The Bertz CT molecular complexity index is 491. The second-order valence-electron chi connectivity index (χ2n) is 3.67. The zero-order chi connectivity index (χ0) is 12.3. The van der Waals surface area contributed by atoms with Gasteiger partial charge in [0.05, 0.1) is 18.4 Å². The Morgan fingerprint density at radius 1 is 1.47 bits per heavy atom. The van der Waals surface area contributed by atoms with E-state index in [4.69, 9.17) is 5.73 Å². The first-order valence-electron chi connectivity index (χ1n) is 5.12. The first kappa shape index (κ1) is 11.1. The van der Waals surface area contributed by atoms with Crippen LogP contribution < -0.4 is 5.73 Å². The summed E-state index contributed by atoms with van der Waals surface area (Å²) < 4.78 is 0. The van der Waals surface area contributed by atoms with E-state index in [0.717, 1.165) is 5.82 Å². The summed E-state index contributed by atoms with van der Waals surface area (Å²) in [4.78, 5) is 24.5. The molecular formula is C11H13N5O. The van der Waals surface area contributed by atoms with Crippen LogP contribution in [-0.4, -0.2) is 32.8 Å². The third kappa shape index (κ3) is 2.60. The number of carbonyl (C=O) groups is 1. The maximum atomic E-state index is 12.0. The molecule has 0 radical (unpaired) electrons. The number of hydrogen-bond acceptors (Lipinski definition) is 4. The Morgan fingerprint density at radius 2 is 2.29 bits per heavy atom. The number of hydrogen-bond donors (Lipinski definition) is 2. The summed E-state index contributed by atoms with van der Waals surface area (Å²) >= 11 is 0. The number of rotatable bonds is 3. The topological polar surface area (TPSA) is 87.9 Å². The molecule has 6 heteroatoms. The number of carbonyl (C=O) groups excluding carboxylic acids is 1. The number of pyridine rings is 1. The Morgan fingerprint density at radius 3 is 2.88 bits per heavy atom. The molecule has 6 nitrogen and oxygen atoms in total. The summed E-state index contributed by atoms with van der Waals surface area (Å²) in [5.41, 5.74) is 6.42. The second-order valence-corrected chi connectivity index (χ2v) is 3.67. The van der Waals surface area contributed by atoms with E-state index in [-0.39, 0.29) is 5.91 Å². The SMILES string of the molecule is CN(Cc1ncc[nH]1)C(=O)c1ccc(N)cn1. The summed E-state index contributed by atoms with van der Waals surface area (Å²) in [6.07, 6.45) is 4.83. The highest BCUT2D eigenvalue weighted by molar-refractivity contribution is 5.92. The van der Waals surface area contributed by atoms with Crippen molar-refractivity contribution in [3.8, 4) is 0 Å². The lowest BCUT2D eigenvalue weighted by Crippen LogP contribution is -2.27. The van der Waals surface area contributed by atoms with Gasteiger partial charge in [-0.2, -0.15) is 0 Å². The fourth-order valence-corrected chi connectivity index (χ4v) is 1.41. The molecule has 2 aromatic rings. The largest absolute Gasteiger partial charge is 0.397 e. The third-order valence-corrected chi connectivity index (χ3v) is 2.29. The second kappa shape index (κ2) is 4.65. The average Bonchev–Trinajstić information content (AvgIpc) is 2.82. The number of aromatic nitrogens is 3. The number of nitrogen functional groups attached to an aromatic ring is 1. The average molecular weight is 231 g/mol. The number of aromatic amines is 1. The normalized spacial score (nSPS) is 10.2. The fraction of sp³-hybridized carbons (Fsp3) is 0.182. The van der Waals surface area contributed by atoms with Crippen molar-refractivity contribution in [1.82, 2.24) is 19.9 Å². The predicted octanol–water partition coefficient (Wildman–Crippen LogP) is 0.659. The van der Waals surface area contributed by atoms with Crippen LogP contribution in [0.15, 0.2) is 30.7 Å². The number of nitrogens with one attached hydrogen (secondary N) is 1. The molecule has 0 aliphatic carbocycles. The molecule has 0 spiro atoms. The van der Waals surface area contributed by atoms with E-state index in [0.29, 0.717) is 17.9 Å². The van der Waals surface area contributed by atoms with Gasteiger partial charge in [0.15, 0.2) is 0 Å². The van der Waals surface area contributed by atoms with Crippen molar-refractivity contribution in [3.05, 3.63) is 42.2 Å². The molecule has 0 saturated heterocycles. The van der Waals surface area contributed by atoms with Crippen LogP contribution in [0.1, 0.15) is 16.3 Å². The molecule has 2 heterocycles. The summed E-state index contributed by atoms with van der Waals surface area (Å²) in [7, 11) is 1.70. The molecule has 0 aromatic carbocycles. The molecule has 0 saturated carbocycles. The molecule has 2 aromatic heterocycles. The predicted molar refractivity (Wildman–Crippen MR) is 63.0 cm³/mol. The van der Waals surface area contributed by atoms with Crippen molar-refractivity contribution in [3.63, 3.8) is 0 Å². The number of imidazole rings is 1. The molecule has 0 aliphatic rings. The molecular weight excluding hydrogens is 218 g/mol. The summed E-state index contributed by atoms with van der Waals surface area (Å²) in [6.45, 7) is 0.415. The Hall–Kier alpha value is -2.37. The molecule has 17 heavy (non-hydrogen) atoms. The van der Waals surface area contributed by atoms with Gasteiger partial charge in [0.2, 0.25) is 0 Å². The number of H-pyrrole nitrogens is 1. The van der Waals surface area contributed by atoms with Gasteiger partial charge in [-0.3, -0.25) is 4.79 Å². The molecule has 0 bridgehead atoms. The molecule has 0 aliphatic heterocycles. The molecule has 2 rings (SSSR count). The maximum absolute atomic E-state index is 12.0. The van der Waals surface area contributed by atoms with Crippen molar-refractivity contribution in [2.24, 2.45) is 0 Å². The van der Waals surface area contributed by atoms with Crippen molar-refractivity contribution >= 4 is 11.6 Å². The van der Waals surface area contributed by atoms with Crippen molar-refractivity contribution in [2.45, 2.75) is 6.54 Å². The molecule has 0 unspecified atom stereocenters. The highest BCUT2D eigenvalue weighted by Crippen LogP contribution is 2.05. The van der Waals surface area contributed by atoms with Crippen molar-refractivity contribution in [1.29, 1.82) is 0 Å². The first-order chi connectivity index (χ1) is 8.16. The van der Waals surface area contributed by atoms with Gasteiger partial charge >= 0.3 is 0 Å². The molecule has 1 amide bonds. The molecule has 0 atom stereocenters. The van der Waals surface area contributed by atoms with E-state index in [1.807, 2.05) is 0 Å². The van der Waals surface area contributed by atoms with Crippen LogP contribution in [0, 0.1) is 0 Å². The van der Waals surface area contributed by atoms with Gasteiger partial charge < -0.3 is 15.6 Å².